The summed E-state index contributed by atoms with van der Waals surface area (Å²) in [6, 6.07) is 3.21. The maximum atomic E-state index is 9.64. The van der Waals surface area contributed by atoms with Gasteiger partial charge < -0.3 is 0 Å². The van der Waals surface area contributed by atoms with Crippen LogP contribution in [0.3, 0.4) is 0 Å². The van der Waals surface area contributed by atoms with Gasteiger partial charge in [-0.1, -0.05) is 18.2 Å². The molecule has 108 valence electrons. The number of aromatic nitrogens is 2. The Morgan fingerprint density at radius 1 is 1.50 bits per heavy atom. The van der Waals surface area contributed by atoms with Crippen molar-refractivity contribution in [2.75, 3.05) is 5.75 Å². The van der Waals surface area contributed by atoms with Gasteiger partial charge in [0.1, 0.15) is 11.4 Å². The van der Waals surface area contributed by atoms with Crippen molar-refractivity contribution in [3.63, 3.8) is 0 Å². The molecule has 2 aliphatic carbocycles. The van der Waals surface area contributed by atoms with Gasteiger partial charge in [0.25, 0.3) is 0 Å². The number of aryl methyl sites for hydroxylation is 1. The van der Waals surface area contributed by atoms with Crippen LogP contribution in [0.1, 0.15) is 44.3 Å². The SMILES string of the molecule is Cc1nsc(SCCC2CCCC2(C#N)NC2CC2)n1. The van der Waals surface area contributed by atoms with Crippen molar-refractivity contribution in [1.29, 1.82) is 5.26 Å². The van der Waals surface area contributed by atoms with Gasteiger partial charge in [-0.25, -0.2) is 4.98 Å². The molecule has 1 aromatic heterocycles. The van der Waals surface area contributed by atoms with Crippen LogP contribution < -0.4 is 5.32 Å². The lowest BCUT2D eigenvalue weighted by Crippen LogP contribution is -2.48. The largest absolute Gasteiger partial charge is 0.296 e. The van der Waals surface area contributed by atoms with Crippen molar-refractivity contribution in [2.45, 2.75) is 61.4 Å². The zero-order valence-electron chi connectivity index (χ0n) is 11.8. The molecule has 0 spiro atoms. The zero-order valence-corrected chi connectivity index (χ0v) is 13.4. The molecule has 0 amide bonds. The number of thioether (sulfide) groups is 1. The molecule has 6 heteroatoms. The number of hydrogen-bond acceptors (Lipinski definition) is 6. The van der Waals surface area contributed by atoms with Crippen molar-refractivity contribution in [3.05, 3.63) is 5.82 Å². The average Bonchev–Trinajstić information content (AvgIpc) is 3.01. The second kappa shape index (κ2) is 6.00. The highest BCUT2D eigenvalue weighted by atomic mass is 32.2. The minimum Gasteiger partial charge on any atom is -0.296 e. The van der Waals surface area contributed by atoms with E-state index >= 15 is 0 Å². The van der Waals surface area contributed by atoms with Gasteiger partial charge in [-0.3, -0.25) is 5.32 Å². The van der Waals surface area contributed by atoms with E-state index in [0.29, 0.717) is 12.0 Å². The van der Waals surface area contributed by atoms with Crippen LogP contribution in [0.5, 0.6) is 0 Å². The lowest BCUT2D eigenvalue weighted by Gasteiger charge is -2.30. The Morgan fingerprint density at radius 2 is 2.35 bits per heavy atom. The molecular weight excluding hydrogens is 288 g/mol. The maximum Gasteiger partial charge on any atom is 0.170 e. The first-order chi connectivity index (χ1) is 9.72. The summed E-state index contributed by atoms with van der Waals surface area (Å²) in [6.45, 7) is 1.93. The molecule has 0 bridgehead atoms. The molecule has 1 N–H and O–H groups in total. The Hall–Kier alpha value is -0.640. The minimum atomic E-state index is -0.251. The van der Waals surface area contributed by atoms with E-state index in [9.17, 15) is 5.26 Å². The summed E-state index contributed by atoms with van der Waals surface area (Å²) in [7, 11) is 0. The highest BCUT2D eigenvalue weighted by molar-refractivity contribution is 8.00. The fraction of sp³-hybridized carbons (Fsp3) is 0.786. The van der Waals surface area contributed by atoms with Crippen molar-refractivity contribution in [3.8, 4) is 6.07 Å². The van der Waals surface area contributed by atoms with Crippen LogP contribution in [0.4, 0.5) is 0 Å². The summed E-state index contributed by atoms with van der Waals surface area (Å²) in [5.41, 5.74) is -0.251. The lowest BCUT2D eigenvalue weighted by molar-refractivity contribution is 0.308. The zero-order chi connectivity index (χ0) is 14.0. The third kappa shape index (κ3) is 3.16. The standard InChI is InChI=1S/C14H20N4S2/c1-10-16-13(20-18-10)19-8-6-11-3-2-7-14(11,9-15)17-12-4-5-12/h11-12,17H,2-8H2,1H3. The molecule has 2 unspecified atom stereocenters. The lowest BCUT2D eigenvalue weighted by atomic mass is 9.86. The predicted octanol–water partition coefficient (Wildman–Crippen LogP) is 3.14. The molecule has 2 aliphatic rings. The molecule has 1 heterocycles. The smallest absolute Gasteiger partial charge is 0.170 e. The Labute approximate surface area is 128 Å². The monoisotopic (exact) mass is 308 g/mol. The maximum absolute atomic E-state index is 9.64. The molecule has 2 atom stereocenters. The summed E-state index contributed by atoms with van der Waals surface area (Å²) in [4.78, 5) is 4.38. The van der Waals surface area contributed by atoms with E-state index < -0.39 is 0 Å². The van der Waals surface area contributed by atoms with Gasteiger partial charge >= 0.3 is 0 Å². The molecular formula is C14H20N4S2. The number of nitrogens with zero attached hydrogens (tertiary/aromatic N) is 3. The van der Waals surface area contributed by atoms with Crippen LogP contribution >= 0.6 is 23.3 Å². The van der Waals surface area contributed by atoms with E-state index in [4.69, 9.17) is 0 Å². The third-order valence-corrected chi connectivity index (χ3v) is 6.22. The molecule has 0 aliphatic heterocycles. The minimum absolute atomic E-state index is 0.251. The first kappa shape index (κ1) is 14.3. The van der Waals surface area contributed by atoms with Gasteiger partial charge in [-0.2, -0.15) is 9.64 Å². The Balaban J connectivity index is 1.54. The number of rotatable bonds is 6. The molecule has 1 aromatic rings. The number of hydrogen-bond donors (Lipinski definition) is 1. The summed E-state index contributed by atoms with van der Waals surface area (Å²) in [5.74, 6) is 2.39. The van der Waals surface area contributed by atoms with Crippen LogP contribution in [-0.4, -0.2) is 26.7 Å². The van der Waals surface area contributed by atoms with E-state index in [-0.39, 0.29) is 5.54 Å². The highest BCUT2D eigenvalue weighted by Gasteiger charge is 2.45. The second-order valence-corrected chi connectivity index (χ2v) is 7.93. The number of nitriles is 1. The van der Waals surface area contributed by atoms with Crippen LogP contribution in [-0.2, 0) is 0 Å². The van der Waals surface area contributed by atoms with Gasteiger partial charge in [0, 0.05) is 11.8 Å². The van der Waals surface area contributed by atoms with Gasteiger partial charge in [-0.05, 0) is 56.5 Å². The highest BCUT2D eigenvalue weighted by Crippen LogP contribution is 2.41. The molecule has 20 heavy (non-hydrogen) atoms. The van der Waals surface area contributed by atoms with E-state index in [1.165, 1.54) is 37.2 Å². The Kier molecular flexibility index (Phi) is 4.29. The van der Waals surface area contributed by atoms with Crippen LogP contribution in [0, 0.1) is 24.2 Å². The molecule has 2 fully saturated rings. The van der Waals surface area contributed by atoms with Gasteiger partial charge in [0.05, 0.1) is 6.07 Å². The summed E-state index contributed by atoms with van der Waals surface area (Å²) in [5, 5.41) is 13.3. The average molecular weight is 308 g/mol. The van der Waals surface area contributed by atoms with E-state index in [1.54, 1.807) is 11.8 Å². The number of nitrogens with one attached hydrogen (secondary N) is 1. The second-order valence-electron chi connectivity index (χ2n) is 5.84. The quantitative estimate of drug-likeness (QED) is 0.818. The molecule has 0 aromatic carbocycles. The van der Waals surface area contributed by atoms with Gasteiger partial charge in [0.15, 0.2) is 4.34 Å². The molecule has 0 saturated heterocycles. The molecule has 4 nitrogen and oxygen atoms in total. The van der Waals surface area contributed by atoms with E-state index in [2.05, 4.69) is 20.7 Å². The topological polar surface area (TPSA) is 61.6 Å². The van der Waals surface area contributed by atoms with Gasteiger partial charge in [0.2, 0.25) is 0 Å². The first-order valence-electron chi connectivity index (χ1n) is 7.34. The third-order valence-electron chi connectivity index (χ3n) is 4.26. The fourth-order valence-electron chi connectivity index (χ4n) is 3.06. The predicted molar refractivity (Wildman–Crippen MR) is 81.8 cm³/mol. The Bertz CT molecular complexity index is 506. The van der Waals surface area contributed by atoms with Crippen LogP contribution in [0.2, 0.25) is 0 Å². The summed E-state index contributed by atoms with van der Waals surface area (Å²) < 4.78 is 5.26. The normalized spacial score (nSPS) is 29.5. The van der Waals surface area contributed by atoms with Crippen molar-refractivity contribution < 1.29 is 0 Å². The summed E-state index contributed by atoms with van der Waals surface area (Å²) in [6.07, 6.45) is 6.97. The molecule has 0 radical (unpaired) electrons. The molecule has 3 rings (SSSR count). The van der Waals surface area contributed by atoms with Crippen molar-refractivity contribution in [2.24, 2.45) is 5.92 Å². The van der Waals surface area contributed by atoms with Crippen molar-refractivity contribution >= 4 is 23.3 Å². The summed E-state index contributed by atoms with van der Waals surface area (Å²) >= 11 is 3.26. The van der Waals surface area contributed by atoms with Gasteiger partial charge in [-0.15, -0.1) is 0 Å². The van der Waals surface area contributed by atoms with Crippen LogP contribution in [0.25, 0.3) is 0 Å². The molecule has 2 saturated carbocycles. The van der Waals surface area contributed by atoms with E-state index in [1.807, 2.05) is 6.92 Å². The van der Waals surface area contributed by atoms with E-state index in [0.717, 1.165) is 28.8 Å². The van der Waals surface area contributed by atoms with Crippen LogP contribution in [0.15, 0.2) is 4.34 Å². The Morgan fingerprint density at radius 3 is 3.00 bits per heavy atom. The van der Waals surface area contributed by atoms with Crippen molar-refractivity contribution in [1.82, 2.24) is 14.7 Å². The fourth-order valence-corrected chi connectivity index (χ4v) is 4.83. The first-order valence-corrected chi connectivity index (χ1v) is 9.10.